The third-order valence-electron chi connectivity index (χ3n) is 0.201. The van der Waals surface area contributed by atoms with E-state index in [1.54, 1.807) is 0 Å². The van der Waals surface area contributed by atoms with Crippen molar-refractivity contribution in [1.29, 1.82) is 0 Å². The summed E-state index contributed by atoms with van der Waals surface area (Å²) in [7, 11) is 5.66. The number of rotatable bonds is 0. The SMILES string of the molecule is O.[B]C(=O)OC.[Y]. The molecule has 0 atom stereocenters. The van der Waals surface area contributed by atoms with Crippen LogP contribution in [0, 0.1) is 0 Å². The maximum absolute atomic E-state index is 9.37. The molecule has 0 saturated heterocycles. The summed E-state index contributed by atoms with van der Waals surface area (Å²) in [5.74, 6) is -0.745. The summed E-state index contributed by atoms with van der Waals surface area (Å²) in [4.78, 5) is 9.37. The first-order chi connectivity index (χ1) is 2.27. The van der Waals surface area contributed by atoms with Gasteiger partial charge in [0.05, 0.1) is 7.11 Å². The Morgan fingerprint density at radius 1 is 1.71 bits per heavy atom. The predicted octanol–water partition coefficient (Wildman–Crippen LogP) is -0.906. The molecule has 0 heterocycles. The van der Waals surface area contributed by atoms with Gasteiger partial charge >= 0.3 is 0 Å². The fraction of sp³-hybridized carbons (Fsp3) is 0.500. The Hall–Kier alpha value is 0.599. The van der Waals surface area contributed by atoms with Crippen LogP contribution in [0.1, 0.15) is 0 Å². The van der Waals surface area contributed by atoms with Crippen LogP contribution in [0.4, 0.5) is 4.79 Å². The molecule has 0 aromatic heterocycles. The summed E-state index contributed by atoms with van der Waals surface area (Å²) in [5.41, 5.74) is 0. The van der Waals surface area contributed by atoms with Crippen molar-refractivity contribution in [3.8, 4) is 0 Å². The van der Waals surface area contributed by atoms with Crippen molar-refractivity contribution >= 4 is 13.7 Å². The van der Waals surface area contributed by atoms with E-state index in [1.807, 2.05) is 0 Å². The van der Waals surface area contributed by atoms with Gasteiger partial charge in [0.25, 0.3) is 0 Å². The largest absolute Gasteiger partial charge is 0.478 e. The molecule has 0 bridgehead atoms. The first kappa shape index (κ1) is 15.6. The van der Waals surface area contributed by atoms with Crippen LogP contribution in [0.5, 0.6) is 0 Å². The molecular weight excluding hydrogens is 172 g/mol. The van der Waals surface area contributed by atoms with Crippen molar-refractivity contribution in [2.45, 2.75) is 0 Å². The van der Waals surface area contributed by atoms with Crippen LogP contribution in [-0.2, 0) is 37.4 Å². The van der Waals surface area contributed by atoms with Crippen molar-refractivity contribution in [2.75, 3.05) is 7.11 Å². The first-order valence-corrected chi connectivity index (χ1v) is 1.11. The fourth-order valence-electron chi connectivity index (χ4n) is 0. The maximum atomic E-state index is 9.37. The quantitative estimate of drug-likeness (QED) is 0.449. The molecule has 0 aromatic rings. The Morgan fingerprint density at radius 2 is 1.86 bits per heavy atom. The van der Waals surface area contributed by atoms with E-state index in [4.69, 9.17) is 0 Å². The zero-order valence-corrected chi connectivity index (χ0v) is 6.81. The molecule has 0 rings (SSSR count). The molecule has 2 N–H and O–H groups in total. The molecule has 0 unspecified atom stereocenters. The summed E-state index contributed by atoms with van der Waals surface area (Å²) < 4.78 is 3.89. The predicted molar refractivity (Wildman–Crippen MR) is 21.8 cm³/mol. The minimum absolute atomic E-state index is 0. The van der Waals surface area contributed by atoms with Gasteiger partial charge in [0.1, 0.15) is 0 Å². The van der Waals surface area contributed by atoms with Crippen LogP contribution < -0.4 is 0 Å². The van der Waals surface area contributed by atoms with Gasteiger partial charge in [-0.2, -0.15) is 0 Å². The van der Waals surface area contributed by atoms with E-state index in [-0.39, 0.29) is 38.2 Å². The van der Waals surface area contributed by atoms with Crippen molar-refractivity contribution in [1.82, 2.24) is 0 Å². The molecule has 0 saturated carbocycles. The van der Waals surface area contributed by atoms with Gasteiger partial charge in [0, 0.05) is 32.7 Å². The fourth-order valence-corrected chi connectivity index (χ4v) is 0. The van der Waals surface area contributed by atoms with Crippen molar-refractivity contribution in [3.63, 3.8) is 0 Å². The smallest absolute Gasteiger partial charge is 0.235 e. The standard InChI is InChI=1S/C2H3BO2.H2O.Y/c1-5-2(3)4;;/h1H3;1H2;. The average molecular weight is 177 g/mol. The Kier molecular flexibility index (Phi) is 21.9. The maximum Gasteiger partial charge on any atom is 0.235 e. The molecule has 37 valence electrons. The second kappa shape index (κ2) is 9.78. The number of methoxy groups -OCH3 is 1. The Balaban J connectivity index is -0.0000000800. The third-order valence-corrected chi connectivity index (χ3v) is 0.201. The van der Waals surface area contributed by atoms with Crippen LogP contribution in [0.15, 0.2) is 0 Å². The van der Waals surface area contributed by atoms with Gasteiger partial charge in [0.15, 0.2) is 0 Å². The number of ether oxygens (including phenoxy) is 1. The second-order valence-corrected chi connectivity index (χ2v) is 0.523. The van der Waals surface area contributed by atoms with E-state index >= 15 is 0 Å². The molecule has 3 radical (unpaired) electrons. The average Bonchev–Trinajstić information content (AvgIpc) is 1.38. The van der Waals surface area contributed by atoms with Crippen LogP contribution in [0.2, 0.25) is 0 Å². The Morgan fingerprint density at radius 3 is 1.86 bits per heavy atom. The van der Waals surface area contributed by atoms with Gasteiger partial charge in [0.2, 0.25) is 13.7 Å². The molecule has 7 heavy (non-hydrogen) atoms. The summed E-state index contributed by atoms with van der Waals surface area (Å²) in [6.07, 6.45) is 0. The molecule has 0 aromatic carbocycles. The van der Waals surface area contributed by atoms with Crippen molar-refractivity contribution in [3.05, 3.63) is 0 Å². The first-order valence-electron chi connectivity index (χ1n) is 1.11. The van der Waals surface area contributed by atoms with E-state index in [9.17, 15) is 4.79 Å². The number of carbonyl (C=O) groups excluding carboxylic acids is 1. The normalized spacial score (nSPS) is 4.71. The van der Waals surface area contributed by atoms with E-state index < -0.39 is 5.87 Å². The summed E-state index contributed by atoms with van der Waals surface area (Å²) in [6, 6.07) is 0. The van der Waals surface area contributed by atoms with Crippen LogP contribution in [0.25, 0.3) is 0 Å². The van der Waals surface area contributed by atoms with Crippen molar-refractivity contribution < 1.29 is 47.7 Å². The minimum Gasteiger partial charge on any atom is -0.478 e. The molecular formula is C2H5BO3Y. The van der Waals surface area contributed by atoms with E-state index in [2.05, 4.69) is 12.6 Å². The minimum atomic E-state index is -0.745. The van der Waals surface area contributed by atoms with Crippen LogP contribution in [-0.4, -0.2) is 26.3 Å². The second-order valence-electron chi connectivity index (χ2n) is 0.523. The molecule has 5 heteroatoms. The van der Waals surface area contributed by atoms with Gasteiger partial charge in [-0.05, 0) is 0 Å². The van der Waals surface area contributed by atoms with E-state index in [1.165, 1.54) is 7.11 Å². The zero-order chi connectivity index (χ0) is 4.28. The Labute approximate surface area is 68.4 Å². The molecule has 0 aliphatic carbocycles. The number of carbonyl (C=O) groups is 1. The van der Waals surface area contributed by atoms with E-state index in [0.717, 1.165) is 0 Å². The molecule has 0 spiro atoms. The zero-order valence-electron chi connectivity index (χ0n) is 3.97. The van der Waals surface area contributed by atoms with Gasteiger partial charge < -0.3 is 10.2 Å². The number of hydrogen-bond acceptors (Lipinski definition) is 2. The van der Waals surface area contributed by atoms with Gasteiger partial charge in [-0.15, -0.1) is 0 Å². The van der Waals surface area contributed by atoms with Crippen LogP contribution >= 0.6 is 0 Å². The van der Waals surface area contributed by atoms with E-state index in [0.29, 0.717) is 0 Å². The number of hydrogen-bond donors (Lipinski definition) is 0. The topological polar surface area (TPSA) is 57.8 Å². The summed E-state index contributed by atoms with van der Waals surface area (Å²) in [6.45, 7) is 0. The molecule has 0 amide bonds. The van der Waals surface area contributed by atoms with Gasteiger partial charge in [-0.25, -0.2) is 0 Å². The molecule has 0 aliphatic heterocycles. The monoisotopic (exact) mass is 177 g/mol. The molecule has 0 aliphatic rings. The summed E-state index contributed by atoms with van der Waals surface area (Å²) >= 11 is 0. The van der Waals surface area contributed by atoms with Crippen LogP contribution in [0.3, 0.4) is 0 Å². The van der Waals surface area contributed by atoms with Gasteiger partial charge in [-0.1, -0.05) is 0 Å². The third kappa shape index (κ3) is 20.7. The summed E-state index contributed by atoms with van der Waals surface area (Å²) in [5, 5.41) is 0. The Bertz CT molecular complexity index is 48.2. The molecule has 3 nitrogen and oxygen atoms in total. The van der Waals surface area contributed by atoms with Crippen molar-refractivity contribution in [2.24, 2.45) is 0 Å². The van der Waals surface area contributed by atoms with Gasteiger partial charge in [-0.3, -0.25) is 4.79 Å². The molecule has 0 fully saturated rings.